The molecule has 1 fully saturated rings. The third kappa shape index (κ3) is 3.77. The van der Waals surface area contributed by atoms with Crippen molar-refractivity contribution in [3.05, 3.63) is 58.8 Å². The molecule has 2 heterocycles. The molecule has 0 spiro atoms. The van der Waals surface area contributed by atoms with E-state index < -0.39 is 29.6 Å². The molecule has 138 valence electrons. The fraction of sp³-hybridized carbons (Fsp3) is 0.111. The number of carbonyl (C=O) groups is 4. The zero-order chi connectivity index (χ0) is 19.6. The van der Waals surface area contributed by atoms with Crippen LogP contribution in [-0.4, -0.2) is 51.3 Å². The zero-order valence-corrected chi connectivity index (χ0v) is 14.9. The molecule has 0 unspecified atom stereocenters. The number of hydrogen-bond donors (Lipinski definition) is 1. The molecule has 27 heavy (non-hydrogen) atoms. The van der Waals surface area contributed by atoms with Gasteiger partial charge in [-0.15, -0.1) is 0 Å². The highest BCUT2D eigenvalue weighted by Crippen LogP contribution is 2.32. The van der Waals surface area contributed by atoms with E-state index in [2.05, 4.69) is 4.74 Å². The van der Waals surface area contributed by atoms with Crippen LogP contribution in [0.2, 0.25) is 0 Å². The molecule has 0 atom stereocenters. The van der Waals surface area contributed by atoms with Crippen LogP contribution in [-0.2, 0) is 14.3 Å². The van der Waals surface area contributed by atoms with E-state index in [0.29, 0.717) is 11.4 Å². The number of carboxylic acids is 1. The summed E-state index contributed by atoms with van der Waals surface area (Å²) in [7, 11) is 1.18. The maximum absolute atomic E-state index is 12.4. The van der Waals surface area contributed by atoms with Gasteiger partial charge in [0.15, 0.2) is 0 Å². The first-order valence-electron chi connectivity index (χ1n) is 7.74. The molecule has 3 rings (SSSR count). The van der Waals surface area contributed by atoms with Gasteiger partial charge in [0, 0.05) is 17.6 Å². The third-order valence-electron chi connectivity index (χ3n) is 3.84. The van der Waals surface area contributed by atoms with E-state index in [0.717, 1.165) is 16.7 Å². The first-order valence-corrected chi connectivity index (χ1v) is 8.55. The van der Waals surface area contributed by atoms with Crippen molar-refractivity contribution in [2.75, 3.05) is 13.7 Å². The van der Waals surface area contributed by atoms with E-state index in [1.807, 2.05) is 0 Å². The van der Waals surface area contributed by atoms with E-state index in [1.165, 1.54) is 19.2 Å². The lowest BCUT2D eigenvalue weighted by Gasteiger charge is -2.10. The number of aromatic carboxylic acids is 1. The quantitative estimate of drug-likeness (QED) is 0.621. The lowest BCUT2D eigenvalue weighted by Crippen LogP contribution is -2.34. The maximum Gasteiger partial charge on any atom is 0.335 e. The number of benzene rings is 1. The standard InChI is InChI=1S/C18H14N2O6S/c1-26-15(21)10-20-16(22)14(27-18(20)25)9-13-3-2-8-19(13)12-6-4-11(5-7-12)17(23)24/h2-9H,10H2,1H3,(H,23,24)/b14-9+. The van der Waals surface area contributed by atoms with Crippen LogP contribution < -0.4 is 0 Å². The number of nitrogens with zero attached hydrogens (tertiary/aromatic N) is 2. The smallest absolute Gasteiger partial charge is 0.335 e. The van der Waals surface area contributed by atoms with E-state index in [-0.39, 0.29) is 10.5 Å². The average molecular weight is 386 g/mol. The Morgan fingerprint density at radius 2 is 1.89 bits per heavy atom. The number of aromatic nitrogens is 1. The van der Waals surface area contributed by atoms with Crippen LogP contribution in [0, 0.1) is 0 Å². The molecule has 1 aliphatic rings. The number of esters is 1. The van der Waals surface area contributed by atoms with Gasteiger partial charge in [0.25, 0.3) is 11.1 Å². The van der Waals surface area contributed by atoms with E-state index in [9.17, 15) is 19.2 Å². The van der Waals surface area contributed by atoms with Gasteiger partial charge in [0.05, 0.1) is 17.6 Å². The fourth-order valence-corrected chi connectivity index (χ4v) is 3.30. The predicted octanol–water partition coefficient (Wildman–Crippen LogP) is 2.38. The Kier molecular flexibility index (Phi) is 5.13. The Labute approximate surface area is 158 Å². The SMILES string of the molecule is COC(=O)CN1C(=O)S/C(=C/c2cccn2-c2ccc(C(=O)O)cc2)C1=O. The van der Waals surface area contributed by atoms with Gasteiger partial charge in [-0.25, -0.2) is 4.79 Å². The summed E-state index contributed by atoms with van der Waals surface area (Å²) in [4.78, 5) is 47.7. The number of rotatable bonds is 5. The molecule has 0 bridgehead atoms. The van der Waals surface area contributed by atoms with E-state index in [4.69, 9.17) is 5.11 Å². The van der Waals surface area contributed by atoms with Crippen LogP contribution in [0.4, 0.5) is 4.79 Å². The van der Waals surface area contributed by atoms with Gasteiger partial charge in [0.2, 0.25) is 0 Å². The molecule has 1 N–H and O–H groups in total. The van der Waals surface area contributed by atoms with Gasteiger partial charge in [0.1, 0.15) is 6.54 Å². The molecule has 0 saturated carbocycles. The predicted molar refractivity (Wildman–Crippen MR) is 97.4 cm³/mol. The summed E-state index contributed by atoms with van der Waals surface area (Å²) in [5.74, 6) is -2.27. The fourth-order valence-electron chi connectivity index (χ4n) is 2.48. The highest BCUT2D eigenvalue weighted by atomic mass is 32.2. The summed E-state index contributed by atoms with van der Waals surface area (Å²) >= 11 is 0.742. The maximum atomic E-state index is 12.4. The van der Waals surface area contributed by atoms with Crippen molar-refractivity contribution in [2.24, 2.45) is 0 Å². The van der Waals surface area contributed by atoms with Crippen molar-refractivity contribution < 1.29 is 29.0 Å². The topological polar surface area (TPSA) is 106 Å². The van der Waals surface area contributed by atoms with Crippen LogP contribution in [0.15, 0.2) is 47.5 Å². The van der Waals surface area contributed by atoms with Gasteiger partial charge in [-0.3, -0.25) is 19.3 Å². The third-order valence-corrected chi connectivity index (χ3v) is 4.75. The highest BCUT2D eigenvalue weighted by molar-refractivity contribution is 8.18. The Morgan fingerprint density at radius 3 is 2.52 bits per heavy atom. The van der Waals surface area contributed by atoms with Gasteiger partial charge in [-0.05, 0) is 54.2 Å². The minimum atomic E-state index is -1.02. The number of methoxy groups -OCH3 is 1. The number of carboxylic acid groups (broad SMARTS) is 1. The number of ether oxygens (including phenoxy) is 1. The number of amides is 2. The molecular formula is C18H14N2O6S. The molecule has 9 heteroatoms. The summed E-state index contributed by atoms with van der Waals surface area (Å²) in [5.41, 5.74) is 1.49. The molecule has 0 aliphatic carbocycles. The van der Waals surface area contributed by atoms with E-state index >= 15 is 0 Å². The van der Waals surface area contributed by atoms with Crippen molar-refractivity contribution in [2.45, 2.75) is 0 Å². The van der Waals surface area contributed by atoms with Crippen LogP contribution in [0.3, 0.4) is 0 Å². The first-order chi connectivity index (χ1) is 12.9. The Balaban J connectivity index is 1.88. The summed E-state index contributed by atoms with van der Waals surface area (Å²) in [6, 6.07) is 9.75. The monoisotopic (exact) mass is 386 g/mol. The minimum Gasteiger partial charge on any atom is -0.478 e. The normalized spacial score (nSPS) is 15.4. The average Bonchev–Trinajstić information content (AvgIpc) is 3.22. The van der Waals surface area contributed by atoms with Gasteiger partial charge >= 0.3 is 11.9 Å². The molecule has 1 saturated heterocycles. The number of thioether (sulfide) groups is 1. The van der Waals surface area contributed by atoms with E-state index in [1.54, 1.807) is 41.1 Å². The van der Waals surface area contributed by atoms with Crippen LogP contribution in [0.25, 0.3) is 11.8 Å². The summed E-state index contributed by atoms with van der Waals surface area (Å²) in [6.07, 6.45) is 3.30. The Morgan fingerprint density at radius 1 is 1.19 bits per heavy atom. The molecule has 8 nitrogen and oxygen atoms in total. The summed E-state index contributed by atoms with van der Waals surface area (Å²) < 4.78 is 6.24. The van der Waals surface area contributed by atoms with Crippen molar-refractivity contribution in [1.29, 1.82) is 0 Å². The molecule has 1 aliphatic heterocycles. The lowest BCUT2D eigenvalue weighted by atomic mass is 10.2. The highest BCUT2D eigenvalue weighted by Gasteiger charge is 2.36. The summed E-state index contributed by atoms with van der Waals surface area (Å²) in [6.45, 7) is -0.434. The van der Waals surface area contributed by atoms with Crippen molar-refractivity contribution in [1.82, 2.24) is 9.47 Å². The van der Waals surface area contributed by atoms with Gasteiger partial charge in [-0.1, -0.05) is 0 Å². The second kappa shape index (κ2) is 7.50. The van der Waals surface area contributed by atoms with Crippen LogP contribution >= 0.6 is 11.8 Å². The Hall–Kier alpha value is -3.33. The first kappa shape index (κ1) is 18.5. The number of imide groups is 1. The second-order valence-corrected chi connectivity index (χ2v) is 6.49. The molecule has 2 amide bonds. The lowest BCUT2D eigenvalue weighted by molar-refractivity contribution is -0.143. The Bertz CT molecular complexity index is 960. The molecule has 1 aromatic heterocycles. The van der Waals surface area contributed by atoms with Gasteiger partial charge in [-0.2, -0.15) is 0 Å². The minimum absolute atomic E-state index is 0.163. The van der Waals surface area contributed by atoms with Crippen molar-refractivity contribution in [3.63, 3.8) is 0 Å². The van der Waals surface area contributed by atoms with Crippen LogP contribution in [0.1, 0.15) is 16.1 Å². The molecule has 1 aromatic carbocycles. The van der Waals surface area contributed by atoms with Crippen LogP contribution in [0.5, 0.6) is 0 Å². The van der Waals surface area contributed by atoms with Crippen molar-refractivity contribution >= 4 is 40.9 Å². The van der Waals surface area contributed by atoms with Gasteiger partial charge < -0.3 is 14.4 Å². The molecular weight excluding hydrogens is 372 g/mol. The number of carbonyl (C=O) groups excluding carboxylic acids is 3. The second-order valence-electron chi connectivity index (χ2n) is 5.50. The number of hydrogen-bond acceptors (Lipinski definition) is 6. The molecule has 2 aromatic rings. The largest absolute Gasteiger partial charge is 0.478 e. The van der Waals surface area contributed by atoms with Crippen molar-refractivity contribution in [3.8, 4) is 5.69 Å². The molecule has 0 radical (unpaired) electrons. The zero-order valence-electron chi connectivity index (χ0n) is 14.1. The summed E-state index contributed by atoms with van der Waals surface area (Å²) in [5, 5.41) is 8.44.